The molecule has 0 saturated heterocycles. The summed E-state index contributed by atoms with van der Waals surface area (Å²) < 4.78 is 5.20. The second-order valence-electron chi connectivity index (χ2n) is 6.57. The Balaban J connectivity index is 2.12. The highest BCUT2D eigenvalue weighted by molar-refractivity contribution is 5.26. The first kappa shape index (κ1) is 14.9. The minimum absolute atomic E-state index is 0.138. The van der Waals surface area contributed by atoms with Crippen LogP contribution >= 0.6 is 0 Å². The number of benzene rings is 1. The Bertz CT molecular complexity index is 505. The van der Waals surface area contributed by atoms with Crippen molar-refractivity contribution in [3.63, 3.8) is 0 Å². The largest absolute Gasteiger partial charge is 0.472 e. The van der Waals surface area contributed by atoms with Crippen LogP contribution in [0.1, 0.15) is 43.4 Å². The van der Waals surface area contributed by atoms with Crippen molar-refractivity contribution in [1.82, 2.24) is 5.32 Å². The van der Waals surface area contributed by atoms with Gasteiger partial charge in [-0.1, -0.05) is 29.8 Å². The van der Waals surface area contributed by atoms with Crippen LogP contribution < -0.4 is 5.32 Å². The van der Waals surface area contributed by atoms with Crippen molar-refractivity contribution in [2.45, 2.75) is 45.6 Å². The molecule has 108 valence electrons. The van der Waals surface area contributed by atoms with Gasteiger partial charge in [0.1, 0.15) is 0 Å². The molecule has 0 saturated carbocycles. The number of nitrogens with one attached hydrogen (secondary N) is 1. The first-order chi connectivity index (χ1) is 9.44. The van der Waals surface area contributed by atoms with Crippen LogP contribution in [0.2, 0.25) is 0 Å². The highest BCUT2D eigenvalue weighted by atomic mass is 16.3. The molecule has 0 bridgehead atoms. The standard InChI is InChI=1S/C18H25NO/c1-14-5-7-16(8-6-14)17(12-19-18(2,3)4)11-15-9-10-20-13-15/h5-10,13,17,19H,11-12H2,1-4H3. The summed E-state index contributed by atoms with van der Waals surface area (Å²) in [6, 6.07) is 10.9. The van der Waals surface area contributed by atoms with Gasteiger partial charge in [0.05, 0.1) is 12.5 Å². The summed E-state index contributed by atoms with van der Waals surface area (Å²) in [7, 11) is 0. The second-order valence-corrected chi connectivity index (χ2v) is 6.57. The average Bonchev–Trinajstić information content (AvgIpc) is 2.87. The lowest BCUT2D eigenvalue weighted by molar-refractivity contribution is 0.404. The van der Waals surface area contributed by atoms with Crippen molar-refractivity contribution in [2.75, 3.05) is 6.54 Å². The van der Waals surface area contributed by atoms with Crippen LogP contribution in [-0.4, -0.2) is 12.1 Å². The number of rotatable bonds is 5. The average molecular weight is 271 g/mol. The molecule has 2 nitrogen and oxygen atoms in total. The molecule has 2 heteroatoms. The van der Waals surface area contributed by atoms with E-state index >= 15 is 0 Å². The van der Waals surface area contributed by atoms with Gasteiger partial charge < -0.3 is 9.73 Å². The van der Waals surface area contributed by atoms with E-state index in [4.69, 9.17) is 4.42 Å². The third-order valence-corrected chi connectivity index (χ3v) is 3.49. The van der Waals surface area contributed by atoms with Crippen molar-refractivity contribution < 1.29 is 4.42 Å². The molecule has 0 aliphatic carbocycles. The molecule has 0 aliphatic heterocycles. The van der Waals surface area contributed by atoms with Crippen molar-refractivity contribution >= 4 is 0 Å². The van der Waals surface area contributed by atoms with Crippen LogP contribution in [0.3, 0.4) is 0 Å². The van der Waals surface area contributed by atoms with E-state index in [-0.39, 0.29) is 5.54 Å². The summed E-state index contributed by atoms with van der Waals surface area (Å²) in [5, 5.41) is 3.62. The molecule has 0 spiro atoms. The van der Waals surface area contributed by atoms with Gasteiger partial charge in [-0.3, -0.25) is 0 Å². The maximum atomic E-state index is 5.20. The Labute approximate surface area is 122 Å². The smallest absolute Gasteiger partial charge is 0.0934 e. The molecule has 2 aromatic rings. The van der Waals surface area contributed by atoms with Gasteiger partial charge >= 0.3 is 0 Å². The summed E-state index contributed by atoms with van der Waals surface area (Å²) >= 11 is 0. The van der Waals surface area contributed by atoms with Gasteiger partial charge in [0, 0.05) is 18.0 Å². The minimum atomic E-state index is 0.138. The fourth-order valence-corrected chi connectivity index (χ4v) is 2.27. The molecule has 1 heterocycles. The monoisotopic (exact) mass is 271 g/mol. The zero-order valence-electron chi connectivity index (χ0n) is 12.9. The van der Waals surface area contributed by atoms with Crippen molar-refractivity contribution in [3.8, 4) is 0 Å². The van der Waals surface area contributed by atoms with Gasteiger partial charge in [0.2, 0.25) is 0 Å². The summed E-state index contributed by atoms with van der Waals surface area (Å²) in [5.41, 5.74) is 4.08. The lowest BCUT2D eigenvalue weighted by Crippen LogP contribution is -2.39. The number of hydrogen-bond donors (Lipinski definition) is 1. The molecular weight excluding hydrogens is 246 g/mol. The number of aryl methyl sites for hydroxylation is 1. The normalized spacial score (nSPS) is 13.4. The number of furan rings is 1. The number of hydrogen-bond acceptors (Lipinski definition) is 2. The van der Waals surface area contributed by atoms with E-state index in [9.17, 15) is 0 Å². The lowest BCUT2D eigenvalue weighted by Gasteiger charge is -2.25. The second kappa shape index (κ2) is 6.27. The molecule has 1 atom stereocenters. The van der Waals surface area contributed by atoms with E-state index in [2.05, 4.69) is 63.3 Å². The van der Waals surface area contributed by atoms with Gasteiger partial charge in [-0.2, -0.15) is 0 Å². The zero-order chi connectivity index (χ0) is 14.6. The Hall–Kier alpha value is -1.54. The van der Waals surface area contributed by atoms with Crippen molar-refractivity contribution in [3.05, 3.63) is 59.5 Å². The summed E-state index contributed by atoms with van der Waals surface area (Å²) in [5.74, 6) is 0.465. The maximum Gasteiger partial charge on any atom is 0.0934 e. The van der Waals surface area contributed by atoms with E-state index in [1.165, 1.54) is 16.7 Å². The van der Waals surface area contributed by atoms with Gasteiger partial charge in [-0.05, 0) is 51.3 Å². The topological polar surface area (TPSA) is 25.2 Å². The third-order valence-electron chi connectivity index (χ3n) is 3.49. The van der Waals surface area contributed by atoms with Gasteiger partial charge in [-0.15, -0.1) is 0 Å². The van der Waals surface area contributed by atoms with Crippen molar-refractivity contribution in [2.24, 2.45) is 0 Å². The highest BCUT2D eigenvalue weighted by Crippen LogP contribution is 2.22. The van der Waals surface area contributed by atoms with Gasteiger partial charge in [-0.25, -0.2) is 0 Å². The lowest BCUT2D eigenvalue weighted by atomic mass is 9.91. The zero-order valence-corrected chi connectivity index (χ0v) is 12.9. The fourth-order valence-electron chi connectivity index (χ4n) is 2.27. The Morgan fingerprint density at radius 2 is 1.80 bits per heavy atom. The Morgan fingerprint density at radius 1 is 1.10 bits per heavy atom. The summed E-state index contributed by atoms with van der Waals surface area (Å²) in [6.07, 6.45) is 4.60. The van der Waals surface area contributed by atoms with E-state index in [0.717, 1.165) is 13.0 Å². The van der Waals surface area contributed by atoms with E-state index in [1.807, 2.05) is 6.26 Å². The highest BCUT2D eigenvalue weighted by Gasteiger charge is 2.17. The van der Waals surface area contributed by atoms with Gasteiger partial charge in [0.25, 0.3) is 0 Å². The molecule has 1 aromatic heterocycles. The van der Waals surface area contributed by atoms with E-state index in [0.29, 0.717) is 5.92 Å². The first-order valence-corrected chi connectivity index (χ1v) is 7.27. The molecule has 1 N–H and O–H groups in total. The maximum absolute atomic E-state index is 5.20. The van der Waals surface area contributed by atoms with Crippen LogP contribution in [0.15, 0.2) is 47.3 Å². The molecule has 0 amide bonds. The predicted octanol–water partition coefficient (Wildman–Crippen LogP) is 4.30. The first-order valence-electron chi connectivity index (χ1n) is 7.27. The Kier molecular flexibility index (Phi) is 4.66. The Morgan fingerprint density at radius 3 is 2.35 bits per heavy atom. The van der Waals surface area contributed by atoms with Crippen LogP contribution in [0.4, 0.5) is 0 Å². The van der Waals surface area contributed by atoms with E-state index < -0.39 is 0 Å². The molecule has 20 heavy (non-hydrogen) atoms. The molecule has 1 aromatic carbocycles. The molecule has 0 aliphatic rings. The third kappa shape index (κ3) is 4.53. The fraction of sp³-hybridized carbons (Fsp3) is 0.444. The molecular formula is C18H25NO. The van der Waals surface area contributed by atoms with E-state index in [1.54, 1.807) is 6.26 Å². The van der Waals surface area contributed by atoms with Gasteiger partial charge in [0.15, 0.2) is 0 Å². The predicted molar refractivity (Wildman–Crippen MR) is 84.1 cm³/mol. The minimum Gasteiger partial charge on any atom is -0.472 e. The van der Waals surface area contributed by atoms with Crippen molar-refractivity contribution in [1.29, 1.82) is 0 Å². The summed E-state index contributed by atoms with van der Waals surface area (Å²) in [6.45, 7) is 9.71. The van der Waals surface area contributed by atoms with Crippen LogP contribution in [-0.2, 0) is 6.42 Å². The van der Waals surface area contributed by atoms with Crippen LogP contribution in [0, 0.1) is 6.92 Å². The molecule has 0 radical (unpaired) electrons. The molecule has 1 unspecified atom stereocenters. The summed E-state index contributed by atoms with van der Waals surface area (Å²) in [4.78, 5) is 0. The molecule has 0 fully saturated rings. The SMILES string of the molecule is Cc1ccc(C(CNC(C)(C)C)Cc2ccoc2)cc1. The molecule has 2 rings (SSSR count). The van der Waals surface area contributed by atoms with Crippen LogP contribution in [0.25, 0.3) is 0 Å². The quantitative estimate of drug-likeness (QED) is 0.877. The van der Waals surface area contributed by atoms with Crippen LogP contribution in [0.5, 0.6) is 0 Å².